The van der Waals surface area contributed by atoms with Gasteiger partial charge in [0.15, 0.2) is 12.4 Å². The van der Waals surface area contributed by atoms with Crippen LogP contribution in [0.3, 0.4) is 0 Å². The summed E-state index contributed by atoms with van der Waals surface area (Å²) in [7, 11) is 0. The summed E-state index contributed by atoms with van der Waals surface area (Å²) < 4.78 is 9.97. The summed E-state index contributed by atoms with van der Waals surface area (Å²) in [5.74, 6) is 0.162. The SMILES string of the molecule is O=C(O)COc1ccc(-c2ccno2)cc1. The van der Waals surface area contributed by atoms with Crippen molar-refractivity contribution < 1.29 is 19.2 Å². The maximum absolute atomic E-state index is 10.3. The summed E-state index contributed by atoms with van der Waals surface area (Å²) in [5, 5.41) is 12.0. The number of nitrogens with zero attached hydrogens (tertiary/aromatic N) is 1. The van der Waals surface area contributed by atoms with Crippen LogP contribution in [-0.4, -0.2) is 22.8 Å². The van der Waals surface area contributed by atoms with Crippen molar-refractivity contribution in [1.29, 1.82) is 0 Å². The predicted molar refractivity (Wildman–Crippen MR) is 55.1 cm³/mol. The molecule has 0 fully saturated rings. The van der Waals surface area contributed by atoms with Crippen molar-refractivity contribution in [2.45, 2.75) is 0 Å². The molecule has 1 aromatic carbocycles. The molecular weight excluding hydrogens is 210 g/mol. The van der Waals surface area contributed by atoms with Gasteiger partial charge in [-0.15, -0.1) is 0 Å². The number of ether oxygens (including phenoxy) is 1. The third kappa shape index (κ3) is 2.38. The third-order valence-electron chi connectivity index (χ3n) is 1.94. The van der Waals surface area contributed by atoms with E-state index in [0.717, 1.165) is 5.56 Å². The topological polar surface area (TPSA) is 72.6 Å². The van der Waals surface area contributed by atoms with Crippen LogP contribution in [0.1, 0.15) is 0 Å². The number of carboxylic acids is 1. The lowest BCUT2D eigenvalue weighted by atomic mass is 10.2. The zero-order chi connectivity index (χ0) is 11.4. The summed E-state index contributed by atoms with van der Waals surface area (Å²) in [6, 6.07) is 8.66. The molecule has 82 valence electrons. The highest BCUT2D eigenvalue weighted by atomic mass is 16.5. The molecule has 0 atom stereocenters. The number of rotatable bonds is 4. The van der Waals surface area contributed by atoms with Gasteiger partial charge in [-0.3, -0.25) is 0 Å². The molecule has 2 rings (SSSR count). The Labute approximate surface area is 91.3 Å². The lowest BCUT2D eigenvalue weighted by molar-refractivity contribution is -0.139. The fourth-order valence-electron chi connectivity index (χ4n) is 1.23. The maximum atomic E-state index is 10.3. The van der Waals surface area contributed by atoms with E-state index in [2.05, 4.69) is 5.16 Å². The van der Waals surface area contributed by atoms with Crippen molar-refractivity contribution in [2.75, 3.05) is 6.61 Å². The van der Waals surface area contributed by atoms with Crippen LogP contribution in [0.2, 0.25) is 0 Å². The molecule has 5 heteroatoms. The highest BCUT2D eigenvalue weighted by Gasteiger charge is 2.03. The lowest BCUT2D eigenvalue weighted by Crippen LogP contribution is -2.09. The minimum absolute atomic E-state index is 0.346. The van der Waals surface area contributed by atoms with Gasteiger partial charge in [0.05, 0.1) is 6.20 Å². The quantitative estimate of drug-likeness (QED) is 0.848. The van der Waals surface area contributed by atoms with Crippen LogP contribution in [0.25, 0.3) is 11.3 Å². The van der Waals surface area contributed by atoms with Crippen LogP contribution in [0.5, 0.6) is 5.75 Å². The molecule has 0 saturated heterocycles. The van der Waals surface area contributed by atoms with Crippen LogP contribution in [-0.2, 0) is 4.79 Å². The van der Waals surface area contributed by atoms with E-state index in [1.54, 1.807) is 36.5 Å². The first-order valence-electron chi connectivity index (χ1n) is 4.61. The van der Waals surface area contributed by atoms with Gasteiger partial charge in [0, 0.05) is 11.6 Å². The van der Waals surface area contributed by atoms with Crippen LogP contribution < -0.4 is 4.74 Å². The largest absolute Gasteiger partial charge is 0.482 e. The molecule has 1 N–H and O–H groups in total. The zero-order valence-corrected chi connectivity index (χ0v) is 8.29. The number of hydrogen-bond acceptors (Lipinski definition) is 4. The molecule has 1 heterocycles. The van der Waals surface area contributed by atoms with E-state index in [-0.39, 0.29) is 6.61 Å². The van der Waals surface area contributed by atoms with Gasteiger partial charge in [-0.2, -0.15) is 0 Å². The fraction of sp³-hybridized carbons (Fsp3) is 0.0909. The average Bonchev–Trinajstić information content (AvgIpc) is 2.80. The van der Waals surface area contributed by atoms with E-state index in [1.807, 2.05) is 0 Å². The standard InChI is InChI=1S/C11H9NO4/c13-11(14)7-15-9-3-1-8(2-4-9)10-5-6-12-16-10/h1-6H,7H2,(H,13,14). The van der Waals surface area contributed by atoms with Gasteiger partial charge >= 0.3 is 5.97 Å². The van der Waals surface area contributed by atoms with Crippen LogP contribution >= 0.6 is 0 Å². The second kappa shape index (κ2) is 4.48. The summed E-state index contributed by atoms with van der Waals surface area (Å²) in [4.78, 5) is 10.3. The number of hydrogen-bond donors (Lipinski definition) is 1. The number of carboxylic acid groups (broad SMARTS) is 1. The van der Waals surface area contributed by atoms with Gasteiger partial charge in [-0.1, -0.05) is 5.16 Å². The minimum Gasteiger partial charge on any atom is -0.482 e. The third-order valence-corrected chi connectivity index (χ3v) is 1.94. The van der Waals surface area contributed by atoms with Gasteiger partial charge in [0.1, 0.15) is 5.75 Å². The smallest absolute Gasteiger partial charge is 0.341 e. The monoisotopic (exact) mass is 219 g/mol. The molecule has 0 unspecified atom stereocenters. The predicted octanol–water partition coefficient (Wildman–Crippen LogP) is 1.80. The second-order valence-electron chi connectivity index (χ2n) is 3.08. The maximum Gasteiger partial charge on any atom is 0.341 e. The summed E-state index contributed by atoms with van der Waals surface area (Å²) in [6.45, 7) is -0.346. The number of benzene rings is 1. The normalized spacial score (nSPS) is 10.0. The molecule has 0 aliphatic heterocycles. The van der Waals surface area contributed by atoms with Crippen LogP contribution in [0.4, 0.5) is 0 Å². The van der Waals surface area contributed by atoms with E-state index in [4.69, 9.17) is 14.4 Å². The Hall–Kier alpha value is -2.30. The van der Waals surface area contributed by atoms with E-state index >= 15 is 0 Å². The van der Waals surface area contributed by atoms with Gasteiger partial charge in [0.2, 0.25) is 0 Å². The van der Waals surface area contributed by atoms with Crippen molar-refractivity contribution in [2.24, 2.45) is 0 Å². The zero-order valence-electron chi connectivity index (χ0n) is 8.29. The summed E-state index contributed by atoms with van der Waals surface area (Å²) in [6.07, 6.45) is 1.56. The highest BCUT2D eigenvalue weighted by Crippen LogP contribution is 2.21. The molecular formula is C11H9NO4. The van der Waals surface area contributed by atoms with Crippen molar-refractivity contribution in [1.82, 2.24) is 5.16 Å². The molecule has 16 heavy (non-hydrogen) atoms. The Morgan fingerprint density at radius 3 is 2.62 bits per heavy atom. The molecule has 0 radical (unpaired) electrons. The van der Waals surface area contributed by atoms with Gasteiger partial charge < -0.3 is 14.4 Å². The van der Waals surface area contributed by atoms with E-state index in [9.17, 15) is 4.79 Å². The van der Waals surface area contributed by atoms with Crippen molar-refractivity contribution in [3.8, 4) is 17.1 Å². The molecule has 0 aliphatic rings. The Morgan fingerprint density at radius 1 is 1.31 bits per heavy atom. The molecule has 0 saturated carbocycles. The van der Waals surface area contributed by atoms with Crippen molar-refractivity contribution in [3.63, 3.8) is 0 Å². The van der Waals surface area contributed by atoms with Crippen molar-refractivity contribution >= 4 is 5.97 Å². The molecule has 2 aromatic rings. The van der Waals surface area contributed by atoms with Gasteiger partial charge in [0.25, 0.3) is 0 Å². The first-order chi connectivity index (χ1) is 7.75. The Balaban J connectivity index is 2.08. The fourth-order valence-corrected chi connectivity index (χ4v) is 1.23. The first kappa shape index (κ1) is 10.2. The van der Waals surface area contributed by atoms with Crippen molar-refractivity contribution in [3.05, 3.63) is 36.5 Å². The number of aromatic nitrogens is 1. The van der Waals surface area contributed by atoms with Crippen LogP contribution in [0, 0.1) is 0 Å². The minimum atomic E-state index is -1.00. The Bertz CT molecular complexity index is 461. The molecule has 0 bridgehead atoms. The lowest BCUT2D eigenvalue weighted by Gasteiger charge is -2.03. The van der Waals surface area contributed by atoms with E-state index < -0.39 is 5.97 Å². The first-order valence-corrected chi connectivity index (χ1v) is 4.61. The van der Waals surface area contributed by atoms with E-state index in [0.29, 0.717) is 11.5 Å². The number of carbonyl (C=O) groups is 1. The highest BCUT2D eigenvalue weighted by molar-refractivity contribution is 5.68. The molecule has 5 nitrogen and oxygen atoms in total. The molecule has 0 aliphatic carbocycles. The van der Waals surface area contributed by atoms with Gasteiger partial charge in [-0.25, -0.2) is 4.79 Å². The number of aliphatic carboxylic acids is 1. The molecule has 0 amide bonds. The van der Waals surface area contributed by atoms with E-state index in [1.165, 1.54) is 0 Å². The summed E-state index contributed by atoms with van der Waals surface area (Å²) in [5.41, 5.74) is 0.861. The Kier molecular flexibility index (Phi) is 2.86. The summed E-state index contributed by atoms with van der Waals surface area (Å²) >= 11 is 0. The van der Waals surface area contributed by atoms with Crippen LogP contribution in [0.15, 0.2) is 41.1 Å². The Morgan fingerprint density at radius 2 is 2.06 bits per heavy atom. The van der Waals surface area contributed by atoms with Gasteiger partial charge in [-0.05, 0) is 24.3 Å². The second-order valence-corrected chi connectivity index (χ2v) is 3.08. The average molecular weight is 219 g/mol. The molecule has 0 spiro atoms. The molecule has 1 aromatic heterocycles.